The van der Waals surface area contributed by atoms with E-state index in [0.717, 1.165) is 60.7 Å². The van der Waals surface area contributed by atoms with Crippen molar-refractivity contribution in [2.24, 2.45) is 9.98 Å². The highest BCUT2D eigenvalue weighted by Gasteiger charge is 2.19. The van der Waals surface area contributed by atoms with Crippen LogP contribution in [0.3, 0.4) is 0 Å². The van der Waals surface area contributed by atoms with Crippen LogP contribution in [0, 0.1) is 0 Å². The highest BCUT2D eigenvalue weighted by Crippen LogP contribution is 2.37. The highest BCUT2D eigenvalue weighted by atomic mass is 16.4. The summed E-state index contributed by atoms with van der Waals surface area (Å²) >= 11 is 0. The molecule has 0 unspecified atom stereocenters. The molecular weight excluding hydrogens is 578 g/mol. The first-order chi connectivity index (χ1) is 23.1. The van der Waals surface area contributed by atoms with Crippen LogP contribution in [0.4, 0.5) is 0 Å². The van der Waals surface area contributed by atoms with Gasteiger partial charge in [-0.3, -0.25) is 0 Å². The summed E-state index contributed by atoms with van der Waals surface area (Å²) in [5.74, 6) is 0.540. The number of amidine groups is 1. The fourth-order valence-electron chi connectivity index (χ4n) is 6.35. The van der Waals surface area contributed by atoms with Gasteiger partial charge in [0.15, 0.2) is 5.84 Å². The number of fused-ring (bicyclic) bond motifs is 7. The fourth-order valence-corrected chi connectivity index (χ4v) is 6.35. The molecule has 2 heterocycles. The van der Waals surface area contributed by atoms with Crippen LogP contribution in [-0.2, 0) is 0 Å². The third-order valence-electron chi connectivity index (χ3n) is 8.60. The summed E-state index contributed by atoms with van der Waals surface area (Å²) in [5.41, 5.74) is 7.06. The van der Waals surface area contributed by atoms with Gasteiger partial charge >= 0.3 is 5.63 Å². The molecule has 5 heteroatoms. The molecular formula is C42H29N3O2. The minimum atomic E-state index is -0.367. The van der Waals surface area contributed by atoms with E-state index in [1.54, 1.807) is 0 Å². The maximum atomic E-state index is 13.7. The molecule has 2 aromatic heterocycles. The lowest BCUT2D eigenvalue weighted by Crippen LogP contribution is -2.06. The molecule has 0 bridgehead atoms. The molecule has 224 valence electrons. The second kappa shape index (κ2) is 11.5. The SMILES string of the molecule is C=C(N=C(N=C(C)c1ccccc1)c1cccc(-n2c3ccccc3c3ccc4c5ccccc5oc(=O)c4c32)c1)c1ccccc1. The van der Waals surface area contributed by atoms with Crippen molar-refractivity contribution in [1.82, 2.24) is 4.57 Å². The summed E-state index contributed by atoms with van der Waals surface area (Å²) < 4.78 is 8.04. The molecule has 0 amide bonds. The Bertz CT molecular complexity index is 2610. The lowest BCUT2D eigenvalue weighted by molar-refractivity contribution is 0.570. The maximum Gasteiger partial charge on any atom is 0.346 e. The smallest absolute Gasteiger partial charge is 0.346 e. The predicted molar refractivity (Wildman–Crippen MR) is 195 cm³/mol. The van der Waals surface area contributed by atoms with Gasteiger partial charge in [0.1, 0.15) is 5.58 Å². The summed E-state index contributed by atoms with van der Waals surface area (Å²) in [6.45, 7) is 6.27. The third-order valence-corrected chi connectivity index (χ3v) is 8.60. The molecule has 0 atom stereocenters. The number of benzene rings is 6. The minimum Gasteiger partial charge on any atom is -0.422 e. The van der Waals surface area contributed by atoms with Crippen molar-refractivity contribution in [3.05, 3.63) is 179 Å². The minimum absolute atomic E-state index is 0.367. The zero-order chi connectivity index (χ0) is 31.9. The maximum absolute atomic E-state index is 13.7. The average Bonchev–Trinajstić information content (AvgIpc) is 3.46. The van der Waals surface area contributed by atoms with Crippen LogP contribution < -0.4 is 5.63 Å². The second-order valence-electron chi connectivity index (χ2n) is 11.5. The van der Waals surface area contributed by atoms with E-state index < -0.39 is 0 Å². The predicted octanol–water partition coefficient (Wildman–Crippen LogP) is 9.97. The van der Waals surface area contributed by atoms with Crippen LogP contribution >= 0.6 is 0 Å². The van der Waals surface area contributed by atoms with Gasteiger partial charge in [0.2, 0.25) is 0 Å². The number of hydrogen-bond donors (Lipinski definition) is 0. The summed E-state index contributed by atoms with van der Waals surface area (Å²) in [6.07, 6.45) is 0. The highest BCUT2D eigenvalue weighted by molar-refractivity contribution is 6.22. The van der Waals surface area contributed by atoms with Crippen molar-refractivity contribution in [3.8, 4) is 5.69 Å². The molecule has 5 nitrogen and oxygen atoms in total. The molecule has 0 aliphatic carbocycles. The summed E-state index contributed by atoms with van der Waals surface area (Å²) in [6, 6.07) is 48.2. The van der Waals surface area contributed by atoms with Gasteiger partial charge in [0, 0.05) is 38.5 Å². The van der Waals surface area contributed by atoms with Gasteiger partial charge in [0.05, 0.1) is 22.1 Å². The van der Waals surface area contributed by atoms with E-state index in [9.17, 15) is 4.79 Å². The van der Waals surface area contributed by atoms with Gasteiger partial charge < -0.3 is 8.98 Å². The molecule has 6 aromatic carbocycles. The number of aromatic nitrogens is 1. The zero-order valence-corrected chi connectivity index (χ0v) is 25.7. The van der Waals surface area contributed by atoms with Crippen molar-refractivity contribution in [2.75, 3.05) is 0 Å². The average molecular weight is 608 g/mol. The van der Waals surface area contributed by atoms with E-state index in [1.807, 2.05) is 128 Å². The van der Waals surface area contributed by atoms with Crippen molar-refractivity contribution in [2.45, 2.75) is 6.92 Å². The van der Waals surface area contributed by atoms with Crippen LogP contribution in [-0.4, -0.2) is 16.1 Å². The van der Waals surface area contributed by atoms with E-state index in [0.29, 0.717) is 22.5 Å². The van der Waals surface area contributed by atoms with Crippen molar-refractivity contribution < 1.29 is 4.42 Å². The Balaban J connectivity index is 1.39. The normalized spacial score (nSPS) is 12.4. The van der Waals surface area contributed by atoms with Crippen LogP contribution in [0.1, 0.15) is 23.6 Å². The Morgan fingerprint density at radius 2 is 1.26 bits per heavy atom. The van der Waals surface area contributed by atoms with E-state index in [2.05, 4.69) is 35.4 Å². The first kappa shape index (κ1) is 28.2. The molecule has 0 spiro atoms. The Morgan fingerprint density at radius 3 is 2.04 bits per heavy atom. The molecule has 0 saturated carbocycles. The molecule has 47 heavy (non-hydrogen) atoms. The van der Waals surface area contributed by atoms with E-state index in [4.69, 9.17) is 14.4 Å². The van der Waals surface area contributed by atoms with Crippen LogP contribution in [0.2, 0.25) is 0 Å². The fraction of sp³-hybridized carbons (Fsp3) is 0.0238. The lowest BCUT2D eigenvalue weighted by atomic mass is 10.0. The molecule has 0 aliphatic heterocycles. The first-order valence-electron chi connectivity index (χ1n) is 15.5. The molecule has 0 fully saturated rings. The van der Waals surface area contributed by atoms with E-state index in [1.165, 1.54) is 0 Å². The van der Waals surface area contributed by atoms with Crippen molar-refractivity contribution >= 4 is 60.8 Å². The van der Waals surface area contributed by atoms with Crippen LogP contribution in [0.5, 0.6) is 0 Å². The number of rotatable bonds is 5. The Morgan fingerprint density at radius 1 is 0.617 bits per heavy atom. The molecule has 0 N–H and O–H groups in total. The second-order valence-corrected chi connectivity index (χ2v) is 11.5. The zero-order valence-electron chi connectivity index (χ0n) is 25.7. The lowest BCUT2D eigenvalue weighted by Gasteiger charge is -2.12. The van der Waals surface area contributed by atoms with Crippen LogP contribution in [0.25, 0.3) is 54.9 Å². The van der Waals surface area contributed by atoms with E-state index >= 15 is 0 Å². The standard InChI is InChI=1S/C42H29N3O2/c1-27(29-14-5-3-6-15-29)43-41(44-28(2)30-16-7-4-8-17-30)31-18-13-19-32(26-31)45-37-22-11-9-20-33(37)36-25-24-35-34-21-10-12-23-38(34)47-42(46)39(35)40(36)45/h3-26H,1H2,2H3. The van der Waals surface area contributed by atoms with Gasteiger partial charge in [-0.2, -0.15) is 0 Å². The topological polar surface area (TPSA) is 59.9 Å². The van der Waals surface area contributed by atoms with Gasteiger partial charge in [-0.15, -0.1) is 0 Å². The quantitative estimate of drug-likeness (QED) is 0.0846. The molecule has 8 aromatic rings. The molecule has 0 saturated heterocycles. The van der Waals surface area contributed by atoms with E-state index in [-0.39, 0.29) is 5.63 Å². The molecule has 0 radical (unpaired) electrons. The summed E-state index contributed by atoms with van der Waals surface area (Å²) in [7, 11) is 0. The monoisotopic (exact) mass is 607 g/mol. The van der Waals surface area contributed by atoms with Gasteiger partial charge in [-0.1, -0.05) is 128 Å². The number of aliphatic imine (C=N–C) groups is 2. The number of nitrogens with zero attached hydrogens (tertiary/aromatic N) is 3. The summed E-state index contributed by atoms with van der Waals surface area (Å²) in [5, 5.41) is 4.33. The van der Waals surface area contributed by atoms with Gasteiger partial charge in [0.25, 0.3) is 0 Å². The summed E-state index contributed by atoms with van der Waals surface area (Å²) in [4.78, 5) is 23.8. The third kappa shape index (κ3) is 4.95. The number of para-hydroxylation sites is 2. The Kier molecular flexibility index (Phi) is 6.92. The van der Waals surface area contributed by atoms with Crippen LogP contribution in [0.15, 0.2) is 171 Å². The number of hydrogen-bond acceptors (Lipinski definition) is 3. The van der Waals surface area contributed by atoms with Crippen molar-refractivity contribution in [3.63, 3.8) is 0 Å². The molecule has 8 rings (SSSR count). The van der Waals surface area contributed by atoms with Gasteiger partial charge in [-0.05, 0) is 42.3 Å². The molecule has 0 aliphatic rings. The Hall–Kier alpha value is -6.33. The van der Waals surface area contributed by atoms with Gasteiger partial charge in [-0.25, -0.2) is 14.8 Å². The first-order valence-corrected chi connectivity index (χ1v) is 15.5. The Labute approximate surface area is 271 Å². The van der Waals surface area contributed by atoms with Crippen molar-refractivity contribution in [1.29, 1.82) is 0 Å². The largest absolute Gasteiger partial charge is 0.422 e.